The number of hydrogen-bond donors (Lipinski definition) is 0. The SMILES string of the molecule is C=CCB(CC=C)c1ccccc1. The summed E-state index contributed by atoms with van der Waals surface area (Å²) >= 11 is 0. The van der Waals surface area contributed by atoms with E-state index in [9.17, 15) is 0 Å². The second-order valence-electron chi connectivity index (χ2n) is 3.16. The molecule has 66 valence electrons. The summed E-state index contributed by atoms with van der Waals surface area (Å²) in [5, 5.41) is 0. The van der Waals surface area contributed by atoms with E-state index in [1.165, 1.54) is 5.46 Å². The first-order valence-corrected chi connectivity index (χ1v) is 4.65. The lowest BCUT2D eigenvalue weighted by Gasteiger charge is -2.08. The van der Waals surface area contributed by atoms with Crippen LogP contribution in [-0.4, -0.2) is 6.71 Å². The van der Waals surface area contributed by atoms with Gasteiger partial charge in [-0.05, 0) is 0 Å². The molecule has 0 aromatic heterocycles. The van der Waals surface area contributed by atoms with Crippen LogP contribution in [-0.2, 0) is 0 Å². The highest BCUT2D eigenvalue weighted by Gasteiger charge is 2.11. The molecule has 0 atom stereocenters. The van der Waals surface area contributed by atoms with Gasteiger partial charge in [-0.25, -0.2) is 0 Å². The maximum Gasteiger partial charge on any atom is 0.183 e. The van der Waals surface area contributed by atoms with Crippen molar-refractivity contribution in [1.82, 2.24) is 0 Å². The fourth-order valence-electron chi connectivity index (χ4n) is 1.50. The van der Waals surface area contributed by atoms with Crippen LogP contribution < -0.4 is 5.46 Å². The maximum atomic E-state index is 3.77. The predicted octanol–water partition coefficient (Wildman–Crippen LogP) is 2.76. The van der Waals surface area contributed by atoms with Crippen LogP contribution in [0.25, 0.3) is 0 Å². The van der Waals surface area contributed by atoms with Gasteiger partial charge in [0, 0.05) is 0 Å². The zero-order valence-corrected chi connectivity index (χ0v) is 7.95. The van der Waals surface area contributed by atoms with Gasteiger partial charge in [-0.3, -0.25) is 0 Å². The van der Waals surface area contributed by atoms with Crippen molar-refractivity contribution in [1.29, 1.82) is 0 Å². The number of benzene rings is 1. The van der Waals surface area contributed by atoms with Gasteiger partial charge < -0.3 is 0 Å². The fraction of sp³-hybridized carbons (Fsp3) is 0.167. The highest BCUT2D eigenvalue weighted by atomic mass is 13.8. The van der Waals surface area contributed by atoms with Crippen LogP contribution in [0.2, 0.25) is 12.6 Å². The van der Waals surface area contributed by atoms with Gasteiger partial charge in [0.05, 0.1) is 0 Å². The van der Waals surface area contributed by atoms with E-state index in [1.807, 2.05) is 18.2 Å². The quantitative estimate of drug-likeness (QED) is 0.470. The summed E-state index contributed by atoms with van der Waals surface area (Å²) in [4.78, 5) is 0. The van der Waals surface area contributed by atoms with Gasteiger partial charge in [-0.1, -0.05) is 60.6 Å². The standard InChI is InChI=1S/C12H15B/c1-3-10-13(11-4-2)12-8-6-5-7-9-12/h3-9H,1-2,10-11H2. The van der Waals surface area contributed by atoms with E-state index in [0.29, 0.717) is 6.71 Å². The first-order valence-electron chi connectivity index (χ1n) is 4.65. The Kier molecular flexibility index (Phi) is 4.10. The highest BCUT2D eigenvalue weighted by Crippen LogP contribution is 2.02. The molecule has 0 saturated carbocycles. The summed E-state index contributed by atoms with van der Waals surface area (Å²) in [5.74, 6) is 0. The van der Waals surface area contributed by atoms with Crippen molar-refractivity contribution in [3.8, 4) is 0 Å². The number of allylic oxidation sites excluding steroid dienone is 2. The highest BCUT2D eigenvalue weighted by molar-refractivity contribution is 6.73. The Morgan fingerprint density at radius 2 is 1.54 bits per heavy atom. The second kappa shape index (κ2) is 5.42. The van der Waals surface area contributed by atoms with Crippen molar-refractivity contribution in [3.63, 3.8) is 0 Å². The van der Waals surface area contributed by atoms with Gasteiger partial charge in [0.15, 0.2) is 6.71 Å². The molecule has 1 rings (SSSR count). The minimum Gasteiger partial charge on any atom is -0.104 e. The van der Waals surface area contributed by atoms with E-state index in [4.69, 9.17) is 0 Å². The Labute approximate surface area is 81.1 Å². The Morgan fingerprint density at radius 1 is 1.00 bits per heavy atom. The van der Waals surface area contributed by atoms with E-state index in [0.717, 1.165) is 12.6 Å². The molecule has 0 fully saturated rings. The minimum atomic E-state index is 0.552. The van der Waals surface area contributed by atoms with Crippen LogP contribution in [0.15, 0.2) is 55.6 Å². The van der Waals surface area contributed by atoms with E-state index in [-0.39, 0.29) is 0 Å². The third-order valence-electron chi connectivity index (χ3n) is 2.17. The van der Waals surface area contributed by atoms with Crippen LogP contribution >= 0.6 is 0 Å². The molecule has 0 aliphatic heterocycles. The summed E-state index contributed by atoms with van der Waals surface area (Å²) < 4.78 is 0. The molecule has 13 heavy (non-hydrogen) atoms. The lowest BCUT2D eigenvalue weighted by atomic mass is 9.41. The van der Waals surface area contributed by atoms with Crippen LogP contribution in [0.4, 0.5) is 0 Å². The van der Waals surface area contributed by atoms with Crippen molar-refractivity contribution < 1.29 is 0 Å². The van der Waals surface area contributed by atoms with Gasteiger partial charge in [0.1, 0.15) is 0 Å². The molecule has 0 N–H and O–H groups in total. The van der Waals surface area contributed by atoms with Crippen molar-refractivity contribution >= 4 is 12.2 Å². The second-order valence-corrected chi connectivity index (χ2v) is 3.16. The first-order chi connectivity index (χ1) is 6.38. The van der Waals surface area contributed by atoms with Crippen molar-refractivity contribution in [3.05, 3.63) is 55.6 Å². The fourth-order valence-corrected chi connectivity index (χ4v) is 1.50. The molecule has 0 amide bonds. The van der Waals surface area contributed by atoms with E-state index >= 15 is 0 Å². The first kappa shape index (κ1) is 9.85. The minimum absolute atomic E-state index is 0.552. The molecule has 0 unspecified atom stereocenters. The zero-order chi connectivity index (χ0) is 9.52. The molecule has 0 radical (unpaired) electrons. The van der Waals surface area contributed by atoms with Crippen molar-refractivity contribution in [2.45, 2.75) is 12.6 Å². The molecule has 1 heteroatoms. The van der Waals surface area contributed by atoms with Crippen LogP contribution in [0.3, 0.4) is 0 Å². The lowest BCUT2D eigenvalue weighted by Crippen LogP contribution is -2.28. The Balaban J connectivity index is 2.75. The summed E-state index contributed by atoms with van der Waals surface area (Å²) in [6, 6.07) is 10.5. The molecular weight excluding hydrogens is 155 g/mol. The number of hydrogen-bond acceptors (Lipinski definition) is 0. The van der Waals surface area contributed by atoms with Crippen LogP contribution in [0, 0.1) is 0 Å². The topological polar surface area (TPSA) is 0 Å². The normalized spacial score (nSPS) is 9.23. The predicted molar refractivity (Wildman–Crippen MR) is 61.8 cm³/mol. The monoisotopic (exact) mass is 170 g/mol. The van der Waals surface area contributed by atoms with Gasteiger partial charge in [-0.2, -0.15) is 0 Å². The maximum absolute atomic E-state index is 3.77. The molecule has 0 saturated heterocycles. The van der Waals surface area contributed by atoms with Gasteiger partial charge in [0.25, 0.3) is 0 Å². The summed E-state index contributed by atoms with van der Waals surface area (Å²) in [5.41, 5.74) is 1.38. The van der Waals surface area contributed by atoms with Crippen molar-refractivity contribution in [2.75, 3.05) is 0 Å². The molecule has 0 heterocycles. The van der Waals surface area contributed by atoms with Crippen LogP contribution in [0.1, 0.15) is 0 Å². The molecule has 0 spiro atoms. The molecule has 1 aromatic carbocycles. The van der Waals surface area contributed by atoms with Crippen LogP contribution in [0.5, 0.6) is 0 Å². The molecule has 1 aromatic rings. The van der Waals surface area contributed by atoms with E-state index in [1.54, 1.807) is 0 Å². The average Bonchev–Trinajstić information content (AvgIpc) is 2.19. The third kappa shape index (κ3) is 2.94. The van der Waals surface area contributed by atoms with E-state index in [2.05, 4.69) is 37.4 Å². The molecule has 0 bridgehead atoms. The van der Waals surface area contributed by atoms with E-state index < -0.39 is 0 Å². The molecule has 0 nitrogen and oxygen atoms in total. The zero-order valence-electron chi connectivity index (χ0n) is 7.95. The van der Waals surface area contributed by atoms with Gasteiger partial charge in [0.2, 0.25) is 0 Å². The molecule has 0 aliphatic rings. The molecule has 0 aliphatic carbocycles. The Morgan fingerprint density at radius 3 is 2.00 bits per heavy atom. The smallest absolute Gasteiger partial charge is 0.104 e. The lowest BCUT2D eigenvalue weighted by molar-refractivity contribution is 1.54. The largest absolute Gasteiger partial charge is 0.183 e. The summed E-state index contributed by atoms with van der Waals surface area (Å²) in [6.45, 7) is 8.10. The summed E-state index contributed by atoms with van der Waals surface area (Å²) in [7, 11) is 0. The Bertz CT molecular complexity index is 254. The third-order valence-corrected chi connectivity index (χ3v) is 2.17. The summed E-state index contributed by atoms with van der Waals surface area (Å²) in [6.07, 6.45) is 5.99. The van der Waals surface area contributed by atoms with Gasteiger partial charge >= 0.3 is 0 Å². The number of rotatable bonds is 5. The van der Waals surface area contributed by atoms with Gasteiger partial charge in [-0.15, -0.1) is 13.2 Å². The Hall–Kier alpha value is -1.24. The molecular formula is C12H15B. The van der Waals surface area contributed by atoms with Crippen molar-refractivity contribution in [2.24, 2.45) is 0 Å². The average molecular weight is 170 g/mol.